The van der Waals surface area contributed by atoms with Gasteiger partial charge in [0.15, 0.2) is 5.78 Å². The summed E-state index contributed by atoms with van der Waals surface area (Å²) in [5.74, 6) is -2.24. The van der Waals surface area contributed by atoms with Gasteiger partial charge in [0.05, 0.1) is 23.6 Å². The van der Waals surface area contributed by atoms with Crippen molar-refractivity contribution in [2.75, 3.05) is 9.80 Å². The third-order valence-electron chi connectivity index (χ3n) is 7.46. The second-order valence-electron chi connectivity index (χ2n) is 9.63. The van der Waals surface area contributed by atoms with E-state index in [1.54, 1.807) is 18.2 Å². The number of nitrogens with zero attached hydrogens (tertiary/aromatic N) is 2. The third-order valence-corrected chi connectivity index (χ3v) is 8.22. The van der Waals surface area contributed by atoms with E-state index in [9.17, 15) is 14.4 Å². The number of rotatable bonds is 3. The Morgan fingerprint density at radius 2 is 1.58 bits per heavy atom. The molecule has 0 aliphatic carbocycles. The lowest BCUT2D eigenvalue weighted by atomic mass is 9.86. The van der Waals surface area contributed by atoms with Crippen molar-refractivity contribution in [2.45, 2.75) is 25.9 Å². The van der Waals surface area contributed by atoms with Crippen LogP contribution in [0.4, 0.5) is 11.4 Å². The summed E-state index contributed by atoms with van der Waals surface area (Å²) < 4.78 is 0.857. The standard InChI is InChI=1S/C29H22BrClN2O3/c1-15-3-10-21(16(2)13-15)33-28(35)24-23-11-6-18-14-20(31)9-12-22(18)32(23)26(25(24)29(33)36)27(34)17-4-7-19(30)8-5-17/h3-14,23-26H,1-2H3/t23-,24+,25+,26-/m0/s1. The van der Waals surface area contributed by atoms with E-state index >= 15 is 0 Å². The SMILES string of the molecule is Cc1ccc(N2C(=O)[C@@H]3[C@H](C2=O)[C@@H]2C=Cc4cc(Cl)ccc4N2[C@@H]3C(=O)c2ccc(Br)cc2)c(C)c1. The van der Waals surface area contributed by atoms with Crippen molar-refractivity contribution in [2.24, 2.45) is 11.8 Å². The number of fused-ring (bicyclic) bond motifs is 5. The molecule has 3 aliphatic heterocycles. The highest BCUT2D eigenvalue weighted by Crippen LogP contribution is 2.50. The van der Waals surface area contributed by atoms with Crippen LogP contribution in [-0.2, 0) is 9.59 Å². The lowest BCUT2D eigenvalue weighted by Crippen LogP contribution is -2.49. The van der Waals surface area contributed by atoms with Gasteiger partial charge in [0.25, 0.3) is 0 Å². The maximum atomic E-state index is 14.1. The molecule has 0 aromatic heterocycles. The van der Waals surface area contributed by atoms with Crippen LogP contribution in [0, 0.1) is 25.7 Å². The number of carbonyl (C=O) groups is 3. The Morgan fingerprint density at radius 3 is 2.31 bits per heavy atom. The van der Waals surface area contributed by atoms with Gasteiger partial charge in [-0.25, -0.2) is 4.90 Å². The maximum absolute atomic E-state index is 14.1. The fraction of sp³-hybridized carbons (Fsp3) is 0.207. The molecule has 0 N–H and O–H groups in total. The van der Waals surface area contributed by atoms with Crippen molar-refractivity contribution >= 4 is 62.6 Å². The molecule has 3 aliphatic rings. The third kappa shape index (κ3) is 3.39. The number of aryl methyl sites for hydroxylation is 2. The Balaban J connectivity index is 1.50. The average molecular weight is 562 g/mol. The molecule has 7 heteroatoms. The summed E-state index contributed by atoms with van der Waals surface area (Å²) in [5.41, 5.74) is 4.64. The molecular formula is C29H22BrClN2O3. The van der Waals surface area contributed by atoms with E-state index in [0.29, 0.717) is 16.3 Å². The number of carbonyl (C=O) groups excluding carboxylic acids is 3. The molecule has 3 aromatic carbocycles. The molecular weight excluding hydrogens is 540 g/mol. The summed E-state index contributed by atoms with van der Waals surface area (Å²) in [5, 5.41) is 0.584. The van der Waals surface area contributed by atoms with Gasteiger partial charge in [0.2, 0.25) is 11.8 Å². The van der Waals surface area contributed by atoms with E-state index < -0.39 is 23.9 Å². The number of hydrogen-bond donors (Lipinski definition) is 0. The van der Waals surface area contributed by atoms with Crippen molar-refractivity contribution < 1.29 is 14.4 Å². The molecule has 6 rings (SSSR count). The molecule has 0 spiro atoms. The normalized spacial score (nSPS) is 24.1. The Hall–Kier alpha value is -3.22. The van der Waals surface area contributed by atoms with Crippen LogP contribution in [-0.4, -0.2) is 29.7 Å². The Morgan fingerprint density at radius 1 is 0.889 bits per heavy atom. The Kier molecular flexibility index (Phi) is 5.43. The molecule has 3 aromatic rings. The minimum atomic E-state index is -0.821. The van der Waals surface area contributed by atoms with Crippen molar-refractivity contribution in [1.29, 1.82) is 0 Å². The van der Waals surface area contributed by atoms with Crippen LogP contribution >= 0.6 is 27.5 Å². The molecule has 4 atom stereocenters. The van der Waals surface area contributed by atoms with Crippen molar-refractivity contribution in [3.05, 3.63) is 98.5 Å². The number of hydrogen-bond acceptors (Lipinski definition) is 4. The van der Waals surface area contributed by atoms with E-state index in [2.05, 4.69) is 15.9 Å². The van der Waals surface area contributed by atoms with Gasteiger partial charge in [0, 0.05) is 20.7 Å². The number of Topliss-reactive ketones (excluding diaryl/α,β-unsaturated/α-hetero) is 1. The molecule has 36 heavy (non-hydrogen) atoms. The van der Waals surface area contributed by atoms with E-state index in [1.807, 2.05) is 73.4 Å². The van der Waals surface area contributed by atoms with Gasteiger partial charge in [-0.3, -0.25) is 14.4 Å². The summed E-state index contributed by atoms with van der Waals surface area (Å²) >= 11 is 9.67. The first-order valence-electron chi connectivity index (χ1n) is 11.8. The van der Waals surface area contributed by atoms with Crippen LogP contribution in [0.2, 0.25) is 5.02 Å². The molecule has 0 bridgehead atoms. The van der Waals surface area contributed by atoms with Crippen molar-refractivity contribution in [3.63, 3.8) is 0 Å². The fourth-order valence-corrected chi connectivity index (χ4v) is 6.37. The highest BCUT2D eigenvalue weighted by Gasteiger charge is 2.64. The zero-order chi connectivity index (χ0) is 25.3. The Labute approximate surface area is 222 Å². The molecule has 2 fully saturated rings. The summed E-state index contributed by atoms with van der Waals surface area (Å²) in [4.78, 5) is 45.2. The monoisotopic (exact) mass is 560 g/mol. The largest absolute Gasteiger partial charge is 0.352 e. The second kappa shape index (κ2) is 8.43. The first-order valence-corrected chi connectivity index (χ1v) is 12.9. The molecule has 0 radical (unpaired) electrons. The number of amides is 2. The van der Waals surface area contributed by atoms with E-state index in [0.717, 1.165) is 26.9 Å². The zero-order valence-electron chi connectivity index (χ0n) is 19.6. The molecule has 3 heterocycles. The highest BCUT2D eigenvalue weighted by molar-refractivity contribution is 9.10. The van der Waals surface area contributed by atoms with Gasteiger partial charge in [-0.1, -0.05) is 69.5 Å². The highest BCUT2D eigenvalue weighted by atomic mass is 79.9. The smallest absolute Gasteiger partial charge is 0.240 e. The van der Waals surface area contributed by atoms with Crippen LogP contribution in [0.15, 0.2) is 71.2 Å². The lowest BCUT2D eigenvalue weighted by molar-refractivity contribution is -0.122. The van der Waals surface area contributed by atoms with Gasteiger partial charge in [-0.15, -0.1) is 0 Å². The van der Waals surface area contributed by atoms with Crippen LogP contribution in [0.25, 0.3) is 6.08 Å². The number of ketones is 1. The van der Waals surface area contributed by atoms with Crippen LogP contribution < -0.4 is 9.80 Å². The topological polar surface area (TPSA) is 57.7 Å². The zero-order valence-corrected chi connectivity index (χ0v) is 22.0. The fourth-order valence-electron chi connectivity index (χ4n) is 5.92. The molecule has 2 amide bonds. The molecule has 0 saturated carbocycles. The molecule has 5 nitrogen and oxygen atoms in total. The van der Waals surface area contributed by atoms with E-state index in [1.165, 1.54) is 4.90 Å². The number of imide groups is 1. The quantitative estimate of drug-likeness (QED) is 0.291. The van der Waals surface area contributed by atoms with E-state index in [-0.39, 0.29) is 17.6 Å². The predicted octanol–water partition coefficient (Wildman–Crippen LogP) is 5.99. The van der Waals surface area contributed by atoms with Gasteiger partial charge in [-0.2, -0.15) is 0 Å². The van der Waals surface area contributed by atoms with Crippen molar-refractivity contribution in [3.8, 4) is 0 Å². The van der Waals surface area contributed by atoms with Crippen LogP contribution in [0.5, 0.6) is 0 Å². The predicted molar refractivity (Wildman–Crippen MR) is 144 cm³/mol. The Bertz CT molecular complexity index is 1480. The lowest BCUT2D eigenvalue weighted by Gasteiger charge is -2.36. The first kappa shape index (κ1) is 23.2. The first-order chi connectivity index (χ1) is 17.3. The van der Waals surface area contributed by atoms with Gasteiger partial charge in [0.1, 0.15) is 6.04 Å². The van der Waals surface area contributed by atoms with Crippen molar-refractivity contribution in [1.82, 2.24) is 0 Å². The maximum Gasteiger partial charge on any atom is 0.240 e. The minimum absolute atomic E-state index is 0.181. The van der Waals surface area contributed by atoms with Gasteiger partial charge < -0.3 is 4.90 Å². The summed E-state index contributed by atoms with van der Waals surface area (Å²) in [6.45, 7) is 3.87. The second-order valence-corrected chi connectivity index (χ2v) is 11.0. The summed E-state index contributed by atoms with van der Waals surface area (Å²) in [6.07, 6.45) is 3.87. The molecule has 0 unspecified atom stereocenters. The van der Waals surface area contributed by atoms with Gasteiger partial charge >= 0.3 is 0 Å². The van der Waals surface area contributed by atoms with E-state index in [4.69, 9.17) is 11.6 Å². The minimum Gasteiger partial charge on any atom is -0.352 e. The van der Waals surface area contributed by atoms with Gasteiger partial charge in [-0.05, 0) is 61.4 Å². The summed E-state index contributed by atoms with van der Waals surface area (Å²) in [7, 11) is 0. The van der Waals surface area contributed by atoms with Crippen LogP contribution in [0.3, 0.4) is 0 Å². The molecule has 2 saturated heterocycles. The number of anilines is 2. The number of benzene rings is 3. The molecule has 180 valence electrons. The summed E-state index contributed by atoms with van der Waals surface area (Å²) in [6, 6.07) is 17.0. The average Bonchev–Trinajstić information content (AvgIpc) is 3.32. The van der Waals surface area contributed by atoms with Crippen LogP contribution in [0.1, 0.15) is 27.0 Å². The number of halogens is 2.